The number of hydrogen-bond acceptors (Lipinski definition) is 6. The standard InChI is InChI=1S/C12H24B3N3O6/c13-1-7(19)4-16-10(22)17(5-8(20)2-14)12(24)18(11(16)23)6-9(21)3-15/h7-9,19-21H,1-6,13-15H2. The lowest BCUT2D eigenvalue weighted by atomic mass is 9.99. The SMILES string of the molecule is BCC(O)Cn1c(=O)n(CC(O)CB)c(=O)n(CC(O)CB)c1=O. The molecule has 0 saturated carbocycles. The Bertz CT molecular complexity index is 590. The lowest BCUT2D eigenvalue weighted by molar-refractivity contribution is 0.146. The summed E-state index contributed by atoms with van der Waals surface area (Å²) in [6.07, 6.45) is -1.74. The van der Waals surface area contributed by atoms with E-state index < -0.39 is 35.4 Å². The van der Waals surface area contributed by atoms with Gasteiger partial charge in [-0.3, -0.25) is 0 Å². The van der Waals surface area contributed by atoms with Crippen LogP contribution in [0.5, 0.6) is 0 Å². The van der Waals surface area contributed by atoms with Gasteiger partial charge in [0.25, 0.3) is 0 Å². The molecule has 0 radical (unpaired) electrons. The Morgan fingerprint density at radius 2 is 0.833 bits per heavy atom. The molecule has 0 amide bonds. The van der Waals surface area contributed by atoms with E-state index in [1.807, 2.05) is 0 Å². The maximum atomic E-state index is 12.4. The molecule has 12 heteroatoms. The Kier molecular flexibility index (Phi) is 7.78. The van der Waals surface area contributed by atoms with E-state index in [1.54, 1.807) is 23.5 Å². The van der Waals surface area contributed by atoms with Crippen LogP contribution in [-0.4, -0.2) is 70.9 Å². The van der Waals surface area contributed by atoms with Gasteiger partial charge >= 0.3 is 17.1 Å². The maximum Gasteiger partial charge on any atom is 0.336 e. The molecule has 3 unspecified atom stereocenters. The van der Waals surface area contributed by atoms with Gasteiger partial charge in [-0.15, -0.1) is 0 Å². The van der Waals surface area contributed by atoms with E-state index in [-0.39, 0.29) is 19.6 Å². The molecule has 1 aromatic heterocycles. The molecule has 0 aliphatic heterocycles. The van der Waals surface area contributed by atoms with Gasteiger partial charge in [-0.05, 0) is 0 Å². The van der Waals surface area contributed by atoms with E-state index in [1.165, 1.54) is 0 Å². The highest BCUT2D eigenvalue weighted by atomic mass is 16.3. The number of aromatic nitrogens is 3. The van der Waals surface area contributed by atoms with Crippen molar-refractivity contribution in [2.75, 3.05) is 0 Å². The fourth-order valence-corrected chi connectivity index (χ4v) is 2.17. The zero-order valence-electron chi connectivity index (χ0n) is 14.4. The second-order valence-electron chi connectivity index (χ2n) is 5.87. The van der Waals surface area contributed by atoms with Gasteiger partial charge < -0.3 is 15.3 Å². The third-order valence-corrected chi connectivity index (χ3v) is 3.98. The summed E-state index contributed by atoms with van der Waals surface area (Å²) in [5.74, 6) is 0. The molecule has 132 valence electrons. The first-order valence-electron chi connectivity index (χ1n) is 8.25. The first-order chi connectivity index (χ1) is 11.3. The monoisotopic (exact) mass is 339 g/mol. The van der Waals surface area contributed by atoms with Gasteiger partial charge in [-0.25, -0.2) is 28.1 Å². The average molecular weight is 339 g/mol. The summed E-state index contributed by atoms with van der Waals surface area (Å²) in [7, 11) is 5.10. The highest BCUT2D eigenvalue weighted by Crippen LogP contribution is 1.94. The summed E-state index contributed by atoms with van der Waals surface area (Å²) in [5.41, 5.74) is -2.60. The summed E-state index contributed by atoms with van der Waals surface area (Å²) in [6, 6.07) is 0. The molecule has 0 bridgehead atoms. The lowest BCUT2D eigenvalue weighted by Gasteiger charge is -2.18. The van der Waals surface area contributed by atoms with E-state index in [4.69, 9.17) is 0 Å². The van der Waals surface area contributed by atoms with E-state index in [9.17, 15) is 29.7 Å². The zero-order chi connectivity index (χ0) is 18.4. The normalized spacial score (nSPS) is 15.1. The lowest BCUT2D eigenvalue weighted by Crippen LogP contribution is -2.57. The van der Waals surface area contributed by atoms with Crippen LogP contribution >= 0.6 is 0 Å². The van der Waals surface area contributed by atoms with Gasteiger partial charge in [-0.1, -0.05) is 19.0 Å². The van der Waals surface area contributed by atoms with Crippen LogP contribution in [0, 0.1) is 0 Å². The van der Waals surface area contributed by atoms with Gasteiger partial charge in [0.2, 0.25) is 0 Å². The molecular weight excluding hydrogens is 315 g/mol. The highest BCUT2D eigenvalue weighted by molar-refractivity contribution is 6.09. The van der Waals surface area contributed by atoms with Crippen molar-refractivity contribution in [2.24, 2.45) is 0 Å². The van der Waals surface area contributed by atoms with Crippen molar-refractivity contribution in [3.8, 4) is 0 Å². The van der Waals surface area contributed by atoms with Crippen molar-refractivity contribution in [3.05, 3.63) is 31.5 Å². The number of rotatable bonds is 9. The molecule has 1 heterocycles. The van der Waals surface area contributed by atoms with Crippen LogP contribution in [0.3, 0.4) is 0 Å². The fourth-order valence-electron chi connectivity index (χ4n) is 2.17. The largest absolute Gasteiger partial charge is 0.392 e. The van der Waals surface area contributed by atoms with Crippen LogP contribution < -0.4 is 17.1 Å². The van der Waals surface area contributed by atoms with Crippen molar-refractivity contribution >= 4 is 23.5 Å². The van der Waals surface area contributed by atoms with E-state index in [0.717, 1.165) is 13.7 Å². The topological polar surface area (TPSA) is 127 Å². The first kappa shape index (κ1) is 20.5. The highest BCUT2D eigenvalue weighted by Gasteiger charge is 2.20. The third kappa shape index (κ3) is 4.75. The van der Waals surface area contributed by atoms with E-state index in [0.29, 0.717) is 19.0 Å². The Morgan fingerprint density at radius 1 is 0.625 bits per heavy atom. The fraction of sp³-hybridized carbons (Fsp3) is 0.750. The molecule has 24 heavy (non-hydrogen) atoms. The number of nitrogens with zero attached hydrogens (tertiary/aromatic N) is 3. The van der Waals surface area contributed by atoms with Gasteiger partial charge in [0.15, 0.2) is 0 Å². The van der Waals surface area contributed by atoms with Crippen LogP contribution in [0.15, 0.2) is 14.4 Å². The van der Waals surface area contributed by atoms with Crippen LogP contribution in [-0.2, 0) is 19.6 Å². The number of aliphatic hydroxyl groups excluding tert-OH is 3. The van der Waals surface area contributed by atoms with Crippen molar-refractivity contribution in [1.29, 1.82) is 0 Å². The van der Waals surface area contributed by atoms with Gasteiger partial charge in [0, 0.05) is 0 Å². The van der Waals surface area contributed by atoms with Crippen molar-refractivity contribution < 1.29 is 15.3 Å². The minimum absolute atomic E-state index is 0.251. The molecule has 1 aromatic rings. The van der Waals surface area contributed by atoms with Gasteiger partial charge in [0.1, 0.15) is 23.5 Å². The summed E-state index contributed by atoms with van der Waals surface area (Å²) in [6.45, 7) is -0.753. The molecule has 0 saturated heterocycles. The molecule has 1 rings (SSSR count). The van der Waals surface area contributed by atoms with E-state index >= 15 is 0 Å². The quantitative estimate of drug-likeness (QED) is 0.385. The molecule has 9 nitrogen and oxygen atoms in total. The van der Waals surface area contributed by atoms with Crippen LogP contribution in [0.25, 0.3) is 0 Å². The molecule has 3 atom stereocenters. The molecule has 3 N–H and O–H groups in total. The Labute approximate surface area is 141 Å². The summed E-state index contributed by atoms with van der Waals surface area (Å²) >= 11 is 0. The average Bonchev–Trinajstić information content (AvgIpc) is 2.58. The Balaban J connectivity index is 3.55. The minimum Gasteiger partial charge on any atom is -0.392 e. The van der Waals surface area contributed by atoms with Crippen molar-refractivity contribution in [1.82, 2.24) is 13.7 Å². The first-order valence-corrected chi connectivity index (χ1v) is 8.25. The predicted octanol–water partition coefficient (Wildman–Crippen LogP) is -5.59. The number of hydrogen-bond donors (Lipinski definition) is 3. The second kappa shape index (κ2) is 9.09. The Hall–Kier alpha value is -1.52. The van der Waals surface area contributed by atoms with Crippen molar-refractivity contribution in [3.63, 3.8) is 0 Å². The summed E-state index contributed by atoms with van der Waals surface area (Å²) in [4.78, 5) is 37.3. The summed E-state index contributed by atoms with van der Waals surface area (Å²) < 4.78 is 2.33. The second-order valence-corrected chi connectivity index (χ2v) is 5.87. The van der Waals surface area contributed by atoms with E-state index in [2.05, 4.69) is 0 Å². The molecule has 0 fully saturated rings. The molecule has 0 spiro atoms. The maximum absolute atomic E-state index is 12.4. The third-order valence-electron chi connectivity index (χ3n) is 3.98. The molecular formula is C12H24B3N3O6. The Morgan fingerprint density at radius 3 is 1.00 bits per heavy atom. The predicted molar refractivity (Wildman–Crippen MR) is 97.3 cm³/mol. The van der Waals surface area contributed by atoms with Crippen LogP contribution in [0.2, 0.25) is 19.0 Å². The summed E-state index contributed by atoms with van der Waals surface area (Å²) in [5, 5.41) is 29.3. The molecule has 0 aliphatic carbocycles. The molecule has 0 aliphatic rings. The van der Waals surface area contributed by atoms with Crippen molar-refractivity contribution in [2.45, 2.75) is 56.9 Å². The number of aliphatic hydroxyl groups is 3. The smallest absolute Gasteiger partial charge is 0.336 e. The van der Waals surface area contributed by atoms with Gasteiger partial charge in [0.05, 0.1) is 37.9 Å². The van der Waals surface area contributed by atoms with Gasteiger partial charge in [-0.2, -0.15) is 0 Å². The zero-order valence-corrected chi connectivity index (χ0v) is 14.4. The van der Waals surface area contributed by atoms with Crippen LogP contribution in [0.4, 0.5) is 0 Å². The minimum atomic E-state index is -0.915. The van der Waals surface area contributed by atoms with Crippen LogP contribution in [0.1, 0.15) is 0 Å². The molecule has 0 aromatic carbocycles.